The van der Waals surface area contributed by atoms with Crippen molar-refractivity contribution in [3.05, 3.63) is 209 Å². The number of imidazole rings is 4. The number of hydrogen-bond donors (Lipinski definition) is 6. The van der Waals surface area contributed by atoms with Crippen LogP contribution in [0.15, 0.2) is 164 Å². The number of ether oxygens (including phenoxy) is 6. The number of nitrogens with zero attached hydrogens (tertiary/aromatic N) is 20. The van der Waals surface area contributed by atoms with E-state index in [1.54, 1.807) is 120 Å². The zero-order valence-corrected chi connectivity index (χ0v) is 85.6. The van der Waals surface area contributed by atoms with Crippen molar-refractivity contribution in [2.75, 3.05) is 63.6 Å². The van der Waals surface area contributed by atoms with Crippen molar-refractivity contribution < 1.29 is 57.8 Å². The van der Waals surface area contributed by atoms with E-state index in [9.17, 15) is 29.4 Å². The molecule has 4 aromatic carbocycles. The number of fused-ring (bicyclic) bond motifs is 4. The fourth-order valence-electron chi connectivity index (χ4n) is 16.1. The second-order valence-electron chi connectivity index (χ2n) is 34.3. The van der Waals surface area contributed by atoms with E-state index in [2.05, 4.69) is 161 Å². The number of benzene rings is 4. The van der Waals surface area contributed by atoms with Gasteiger partial charge in [0.1, 0.15) is 0 Å². The zero-order chi connectivity index (χ0) is 99.0. The molecule has 40 heteroatoms. The van der Waals surface area contributed by atoms with Gasteiger partial charge in [-0.2, -0.15) is 20.4 Å². The average Bonchev–Trinajstić information content (AvgIpc) is 1.67. The van der Waals surface area contributed by atoms with Crippen LogP contribution in [0.1, 0.15) is 143 Å². The predicted octanol–water partition coefficient (Wildman–Crippen LogP) is 18.9. The highest BCUT2D eigenvalue weighted by Crippen LogP contribution is 2.37. The number of aryl methyl sites for hydroxylation is 12. The third-order valence-electron chi connectivity index (χ3n) is 23.1. The highest BCUT2D eigenvalue weighted by atomic mass is 79.9. The molecule has 724 valence electrons. The van der Waals surface area contributed by atoms with Crippen LogP contribution in [0.25, 0.3) is 89.2 Å². The summed E-state index contributed by atoms with van der Waals surface area (Å²) in [5.74, 6) is 2.81. The van der Waals surface area contributed by atoms with Crippen LogP contribution in [-0.4, -0.2) is 172 Å². The molecule has 0 unspecified atom stereocenters. The molecule has 0 amide bonds. The van der Waals surface area contributed by atoms with Crippen LogP contribution < -0.4 is 41.9 Å². The largest absolute Gasteiger partial charge is 0.478 e. The summed E-state index contributed by atoms with van der Waals surface area (Å²) in [4.78, 5) is 82.9. The van der Waals surface area contributed by atoms with Gasteiger partial charge in [0, 0.05) is 95.0 Å². The van der Waals surface area contributed by atoms with Gasteiger partial charge in [-0.15, -0.1) is 0 Å². The van der Waals surface area contributed by atoms with Crippen LogP contribution in [0.4, 0.5) is 23.8 Å². The number of rotatable bonds is 36. The van der Waals surface area contributed by atoms with Gasteiger partial charge < -0.3 is 79.8 Å². The summed E-state index contributed by atoms with van der Waals surface area (Å²) in [5.41, 5.74) is 41.2. The van der Waals surface area contributed by atoms with Gasteiger partial charge in [0.25, 0.3) is 0 Å². The third kappa shape index (κ3) is 25.4. The van der Waals surface area contributed by atoms with Crippen LogP contribution in [-0.2, 0) is 63.8 Å². The maximum atomic E-state index is 12.0. The molecule has 0 aliphatic heterocycles. The number of aromatic carboxylic acids is 2. The molecule has 10 N–H and O–H groups in total. The number of nitrogens with two attached hydrogens (primary N) is 4. The molecule has 0 saturated heterocycles. The van der Waals surface area contributed by atoms with Gasteiger partial charge in [-0.25, -0.2) is 57.8 Å². The molecule has 0 bridgehead atoms. The number of carboxylic acids is 2. The minimum absolute atomic E-state index is 0.184. The first kappa shape index (κ1) is 102. The predicted molar refractivity (Wildman–Crippen MR) is 544 cm³/mol. The van der Waals surface area contributed by atoms with E-state index in [1.165, 1.54) is 14.2 Å². The van der Waals surface area contributed by atoms with E-state index < -0.39 is 23.9 Å². The number of esters is 2. The van der Waals surface area contributed by atoms with Crippen LogP contribution in [0, 0.1) is 51.4 Å². The summed E-state index contributed by atoms with van der Waals surface area (Å²) in [5, 5.41) is 36.0. The number of nitrogen functional groups attached to an aromatic ring is 4. The van der Waals surface area contributed by atoms with E-state index in [-0.39, 0.29) is 23.0 Å². The monoisotopic (exact) mass is 2130 g/mol. The molecular formula is C98H112Br4N24O12. The molecule has 16 aromatic rings. The van der Waals surface area contributed by atoms with Crippen molar-refractivity contribution in [1.82, 2.24) is 97.3 Å². The number of hydrogen-bond acceptors (Lipinski definition) is 26. The van der Waals surface area contributed by atoms with Gasteiger partial charge >= 0.3 is 23.9 Å². The Balaban J connectivity index is 0.000000155. The molecule has 0 aliphatic carbocycles. The smallest absolute Gasteiger partial charge is 0.337 e. The Morgan fingerprint density at radius 2 is 0.580 bits per heavy atom. The lowest BCUT2D eigenvalue weighted by molar-refractivity contribution is 0.0591. The number of aromatic nitrogens is 20. The van der Waals surface area contributed by atoms with Gasteiger partial charge in [0.2, 0.25) is 47.3 Å². The maximum absolute atomic E-state index is 12.0. The third-order valence-corrected chi connectivity index (χ3v) is 25.1. The number of pyridine rings is 4. The molecule has 4 atom stereocenters. The van der Waals surface area contributed by atoms with Crippen molar-refractivity contribution in [2.45, 2.75) is 133 Å². The van der Waals surface area contributed by atoms with Crippen LogP contribution in [0.5, 0.6) is 23.5 Å². The first-order valence-electron chi connectivity index (χ1n) is 44.8. The molecule has 0 aliphatic rings. The highest BCUT2D eigenvalue weighted by molar-refractivity contribution is 9.11. The molecule has 0 fully saturated rings. The van der Waals surface area contributed by atoms with E-state index in [4.69, 9.17) is 51.4 Å². The molecule has 138 heavy (non-hydrogen) atoms. The van der Waals surface area contributed by atoms with Crippen molar-refractivity contribution in [3.8, 4) is 68.5 Å². The summed E-state index contributed by atoms with van der Waals surface area (Å²) in [6, 6.07) is 36.9. The molecule has 0 spiro atoms. The second-order valence-corrected chi connectivity index (χ2v) is 38.0. The standard InChI is InChI=1S/2C25H29BrN6O3.2C24H27BrN6O3/c1-15(6-5-9-32-22-8-7-18(26)12-21(22)30-25(32)27)14-35-23-19(13-28-31(23)3)20-11-17(24(33)34-4)10-16(2)29-20;1-15(6-5-9-32-22-12-18(26)7-8-20(22)30-25(32)27)14-35-23-19(13-28-31(23)3)21-11-17(24(33)34-4)10-16(2)29-21;1-14(5-4-8-31-21-7-6-17(25)11-20(21)29-24(31)26)13-34-22-18(12-27-30(22)3)19-10-16(23(32)33)9-15(2)28-19;1-14(5-4-8-31-21-11-17(25)6-7-19(21)29-24(31)26)13-34-22-18(12-27-30(22)3)20-10-16(23(32)33)9-15(2)28-20/h2*7-8,10-13,15H,5-6,9,14H2,1-4H3,(H2,27,30);2*6-7,9-12,14H,4-5,8,13H2,1-3H3,(H2,26,29)(H,32,33)/t2*15-;2*14-/m0000/s1. The van der Waals surface area contributed by atoms with E-state index >= 15 is 0 Å². The SMILES string of the molecule is COC(=O)c1cc(C)nc(-c2cnn(C)c2OC[C@@H](C)CCCn2c(N)nc3cc(Br)ccc32)c1.COC(=O)c1cc(C)nc(-c2cnn(C)c2OC[C@@H](C)CCCn2c(N)nc3ccc(Br)cc32)c1.Cc1cc(C(=O)O)cc(-c2cnn(C)c2OC[C@@H](C)CCCn2c(N)nc3cc(Br)ccc32)n1.Cc1cc(C(=O)O)cc(-c2cnn(C)c2OC[C@@H](C)CCCn2c(N)nc3ccc(Br)cc32)n1. The first-order valence-corrected chi connectivity index (χ1v) is 48.0. The maximum Gasteiger partial charge on any atom is 0.337 e. The molecule has 12 aromatic heterocycles. The van der Waals surface area contributed by atoms with Crippen LogP contribution in [0.2, 0.25) is 0 Å². The van der Waals surface area contributed by atoms with Crippen molar-refractivity contribution in [2.24, 2.45) is 51.9 Å². The van der Waals surface area contributed by atoms with E-state index in [0.717, 1.165) is 151 Å². The Morgan fingerprint density at radius 1 is 0.333 bits per heavy atom. The van der Waals surface area contributed by atoms with Gasteiger partial charge in [-0.3, -0.25) is 19.9 Å². The van der Waals surface area contributed by atoms with Crippen LogP contribution >= 0.6 is 63.7 Å². The Labute approximate surface area is 830 Å². The van der Waals surface area contributed by atoms with Gasteiger partial charge in [-0.1, -0.05) is 91.4 Å². The number of halogens is 4. The molecule has 16 rings (SSSR count). The van der Waals surface area contributed by atoms with Crippen LogP contribution in [0.3, 0.4) is 0 Å². The lowest BCUT2D eigenvalue weighted by Gasteiger charge is -2.15. The lowest BCUT2D eigenvalue weighted by Crippen LogP contribution is -2.13. The van der Waals surface area contributed by atoms with Crippen molar-refractivity contribution in [3.63, 3.8) is 0 Å². The summed E-state index contributed by atoms with van der Waals surface area (Å²) < 4.78 is 53.1. The Bertz CT molecular complexity index is 7070. The number of carboxylic acid groups (broad SMARTS) is 2. The minimum Gasteiger partial charge on any atom is -0.478 e. The number of carbonyl (C=O) groups excluding carboxylic acids is 2. The van der Waals surface area contributed by atoms with Crippen molar-refractivity contribution >= 4 is 156 Å². The fraction of sp³-hybridized carbons (Fsp3) is 0.347. The van der Waals surface area contributed by atoms with E-state index in [1.807, 2.05) is 110 Å². The first-order chi connectivity index (χ1) is 66.0. The minimum atomic E-state index is -0.995. The summed E-state index contributed by atoms with van der Waals surface area (Å²) >= 11 is 14.0. The summed E-state index contributed by atoms with van der Waals surface area (Å²) in [6.45, 7) is 20.9. The number of anilines is 4. The fourth-order valence-corrected chi connectivity index (χ4v) is 17.5. The van der Waals surface area contributed by atoms with Gasteiger partial charge in [-0.05, 0) is 224 Å². The molecular weight excluding hydrogens is 2020 g/mol. The molecule has 0 radical (unpaired) electrons. The quantitative estimate of drug-likeness (QED) is 0.0199. The Kier molecular flexibility index (Phi) is 34.0. The zero-order valence-electron chi connectivity index (χ0n) is 79.2. The number of carbonyl (C=O) groups is 4. The Hall–Kier alpha value is -13.6. The van der Waals surface area contributed by atoms with Crippen molar-refractivity contribution in [1.29, 1.82) is 0 Å². The Morgan fingerprint density at radius 3 is 0.855 bits per heavy atom. The van der Waals surface area contributed by atoms with Gasteiger partial charge in [0.05, 0.1) is 177 Å². The summed E-state index contributed by atoms with van der Waals surface area (Å²) in [6.07, 6.45) is 14.2. The molecule has 36 nitrogen and oxygen atoms in total. The molecule has 0 saturated carbocycles. The summed E-state index contributed by atoms with van der Waals surface area (Å²) in [7, 11) is 9.96. The second kappa shape index (κ2) is 46.0. The average molecular weight is 2140 g/mol. The lowest BCUT2D eigenvalue weighted by atomic mass is 10.1. The van der Waals surface area contributed by atoms with Gasteiger partial charge in [0.15, 0.2) is 0 Å². The highest BCUT2D eigenvalue weighted by Gasteiger charge is 2.26. The topological polar surface area (TPSA) is 462 Å². The molecule has 12 heterocycles. The van der Waals surface area contributed by atoms with E-state index in [0.29, 0.717) is 153 Å². The normalized spacial score (nSPS) is 12.2. The number of methoxy groups -OCH3 is 2.